The monoisotopic (exact) mass is 475 g/mol. The molecule has 0 bridgehead atoms. The van der Waals surface area contributed by atoms with Crippen molar-refractivity contribution in [2.24, 2.45) is 12.0 Å². The molecule has 0 aliphatic heterocycles. The Morgan fingerprint density at radius 1 is 1.12 bits per heavy atom. The molecular formula is C18H27ClIN5. The van der Waals surface area contributed by atoms with Crippen molar-refractivity contribution < 1.29 is 0 Å². The quantitative estimate of drug-likeness (QED) is 0.383. The lowest BCUT2D eigenvalue weighted by atomic mass is 10.1. The van der Waals surface area contributed by atoms with Crippen LogP contribution in [0.4, 0.5) is 0 Å². The predicted octanol–water partition coefficient (Wildman–Crippen LogP) is 3.26. The summed E-state index contributed by atoms with van der Waals surface area (Å²) in [6.45, 7) is 5.82. The molecule has 7 heteroatoms. The van der Waals surface area contributed by atoms with Gasteiger partial charge in [0.15, 0.2) is 5.96 Å². The molecule has 0 spiro atoms. The van der Waals surface area contributed by atoms with Crippen LogP contribution in [0.2, 0.25) is 5.02 Å². The van der Waals surface area contributed by atoms with E-state index in [4.69, 9.17) is 11.6 Å². The van der Waals surface area contributed by atoms with Gasteiger partial charge in [-0.3, -0.25) is 9.67 Å². The molecule has 2 N–H and O–H groups in total. The van der Waals surface area contributed by atoms with Crippen LogP contribution in [-0.4, -0.2) is 35.9 Å². The molecule has 2 rings (SSSR count). The van der Waals surface area contributed by atoms with Crippen molar-refractivity contribution in [1.29, 1.82) is 0 Å². The van der Waals surface area contributed by atoms with E-state index < -0.39 is 0 Å². The molecular weight excluding hydrogens is 449 g/mol. The molecule has 1 heterocycles. The van der Waals surface area contributed by atoms with Crippen LogP contribution in [0.15, 0.2) is 29.3 Å². The van der Waals surface area contributed by atoms with Crippen molar-refractivity contribution in [3.05, 3.63) is 51.8 Å². The van der Waals surface area contributed by atoms with E-state index >= 15 is 0 Å². The average molecular weight is 476 g/mol. The Balaban J connectivity index is 0.00000312. The number of hydrogen-bond donors (Lipinski definition) is 2. The SMILES string of the molecule is CN=C(NCCc1ccc(Cl)cc1)NCCc1c(C)nn(C)c1C.I. The van der Waals surface area contributed by atoms with Gasteiger partial charge in [0.1, 0.15) is 0 Å². The molecule has 0 atom stereocenters. The number of benzene rings is 1. The molecule has 0 unspecified atom stereocenters. The summed E-state index contributed by atoms with van der Waals surface area (Å²) in [4.78, 5) is 4.27. The van der Waals surface area contributed by atoms with E-state index in [1.165, 1.54) is 16.8 Å². The van der Waals surface area contributed by atoms with Crippen molar-refractivity contribution >= 4 is 41.5 Å². The number of hydrogen-bond acceptors (Lipinski definition) is 2. The number of nitrogens with one attached hydrogen (secondary N) is 2. The molecule has 1 aromatic heterocycles. The summed E-state index contributed by atoms with van der Waals surface area (Å²) < 4.78 is 1.93. The second-order valence-corrected chi connectivity index (χ2v) is 6.26. The zero-order chi connectivity index (χ0) is 17.5. The van der Waals surface area contributed by atoms with E-state index in [0.29, 0.717) is 0 Å². The standard InChI is InChI=1S/C18H26ClN5.HI/c1-13-17(14(2)24(4)23-13)10-12-22-18(20-3)21-11-9-15-5-7-16(19)8-6-15;/h5-8H,9-12H2,1-4H3,(H2,20,21,22);1H. The molecule has 2 aromatic rings. The smallest absolute Gasteiger partial charge is 0.190 e. The molecule has 0 aliphatic carbocycles. The van der Waals surface area contributed by atoms with Gasteiger partial charge in [-0.1, -0.05) is 23.7 Å². The van der Waals surface area contributed by atoms with Crippen LogP contribution in [0.5, 0.6) is 0 Å². The van der Waals surface area contributed by atoms with E-state index in [2.05, 4.69) is 34.6 Å². The second kappa shape index (κ2) is 10.7. The van der Waals surface area contributed by atoms with Crippen molar-refractivity contribution in [2.45, 2.75) is 26.7 Å². The summed E-state index contributed by atoms with van der Waals surface area (Å²) in [5.74, 6) is 0.822. The number of rotatable bonds is 6. The fourth-order valence-electron chi connectivity index (χ4n) is 2.68. The molecule has 0 fully saturated rings. The highest BCUT2D eigenvalue weighted by molar-refractivity contribution is 14.0. The van der Waals surface area contributed by atoms with E-state index in [0.717, 1.165) is 42.6 Å². The third-order valence-electron chi connectivity index (χ3n) is 4.17. The van der Waals surface area contributed by atoms with Crippen molar-refractivity contribution in [2.75, 3.05) is 20.1 Å². The number of halogens is 2. The maximum absolute atomic E-state index is 5.90. The predicted molar refractivity (Wildman–Crippen MR) is 116 cm³/mol. The molecule has 0 saturated heterocycles. The fraction of sp³-hybridized carbons (Fsp3) is 0.444. The number of aliphatic imine (C=N–C) groups is 1. The topological polar surface area (TPSA) is 54.2 Å². The number of guanidine groups is 1. The van der Waals surface area contributed by atoms with Crippen molar-refractivity contribution in [3.63, 3.8) is 0 Å². The number of aromatic nitrogens is 2. The minimum atomic E-state index is 0. The van der Waals surface area contributed by atoms with Crippen LogP contribution in [0.1, 0.15) is 22.5 Å². The van der Waals surface area contributed by atoms with Gasteiger partial charge in [-0.05, 0) is 49.9 Å². The highest BCUT2D eigenvalue weighted by Crippen LogP contribution is 2.12. The van der Waals surface area contributed by atoms with Crippen LogP contribution in [0.3, 0.4) is 0 Å². The first-order chi connectivity index (χ1) is 11.5. The fourth-order valence-corrected chi connectivity index (χ4v) is 2.81. The molecule has 25 heavy (non-hydrogen) atoms. The Kier molecular flexibility index (Phi) is 9.27. The Morgan fingerprint density at radius 3 is 2.24 bits per heavy atom. The molecule has 1 aromatic carbocycles. The number of aryl methyl sites for hydroxylation is 2. The van der Waals surface area contributed by atoms with E-state index in [1.54, 1.807) is 7.05 Å². The van der Waals surface area contributed by atoms with Gasteiger partial charge in [-0.15, -0.1) is 24.0 Å². The van der Waals surface area contributed by atoms with E-state index in [1.807, 2.05) is 36.0 Å². The molecule has 0 radical (unpaired) electrons. The Hall–Kier alpha value is -1.28. The second-order valence-electron chi connectivity index (χ2n) is 5.83. The summed E-state index contributed by atoms with van der Waals surface area (Å²) in [6, 6.07) is 7.94. The van der Waals surface area contributed by atoms with E-state index in [-0.39, 0.29) is 24.0 Å². The Morgan fingerprint density at radius 2 is 1.72 bits per heavy atom. The summed E-state index contributed by atoms with van der Waals surface area (Å²) in [5, 5.41) is 11.9. The molecule has 0 aliphatic rings. The first-order valence-corrected chi connectivity index (χ1v) is 8.57. The van der Waals surface area contributed by atoms with E-state index in [9.17, 15) is 0 Å². The van der Waals surface area contributed by atoms with Crippen LogP contribution < -0.4 is 10.6 Å². The van der Waals surface area contributed by atoms with Crippen molar-refractivity contribution in [3.8, 4) is 0 Å². The molecule has 0 saturated carbocycles. The van der Waals surface area contributed by atoms with Crippen LogP contribution in [-0.2, 0) is 19.9 Å². The number of nitrogens with zero attached hydrogens (tertiary/aromatic N) is 3. The minimum Gasteiger partial charge on any atom is -0.356 e. The molecule has 0 amide bonds. The lowest BCUT2D eigenvalue weighted by Gasteiger charge is -2.12. The van der Waals surface area contributed by atoms with Gasteiger partial charge in [0, 0.05) is 37.9 Å². The van der Waals surface area contributed by atoms with Crippen LogP contribution >= 0.6 is 35.6 Å². The van der Waals surface area contributed by atoms with Gasteiger partial charge in [-0.25, -0.2) is 0 Å². The summed E-state index contributed by atoms with van der Waals surface area (Å²) in [5.41, 5.74) is 4.88. The Bertz CT molecular complexity index is 694. The zero-order valence-corrected chi connectivity index (χ0v) is 18.4. The maximum Gasteiger partial charge on any atom is 0.190 e. The van der Waals surface area contributed by atoms with Gasteiger partial charge in [0.25, 0.3) is 0 Å². The summed E-state index contributed by atoms with van der Waals surface area (Å²) >= 11 is 5.90. The highest BCUT2D eigenvalue weighted by atomic mass is 127. The first kappa shape index (κ1) is 21.8. The minimum absolute atomic E-state index is 0. The van der Waals surface area contributed by atoms with Crippen LogP contribution in [0, 0.1) is 13.8 Å². The maximum atomic E-state index is 5.90. The normalized spacial score (nSPS) is 11.2. The van der Waals surface area contributed by atoms with Crippen molar-refractivity contribution in [1.82, 2.24) is 20.4 Å². The largest absolute Gasteiger partial charge is 0.356 e. The van der Waals surface area contributed by atoms with Gasteiger partial charge >= 0.3 is 0 Å². The first-order valence-electron chi connectivity index (χ1n) is 8.19. The van der Waals surface area contributed by atoms with Gasteiger partial charge in [0.2, 0.25) is 0 Å². The lowest BCUT2D eigenvalue weighted by molar-refractivity contribution is 0.728. The molecule has 138 valence electrons. The zero-order valence-electron chi connectivity index (χ0n) is 15.3. The highest BCUT2D eigenvalue weighted by Gasteiger charge is 2.08. The third-order valence-corrected chi connectivity index (χ3v) is 4.42. The molecule has 5 nitrogen and oxygen atoms in total. The van der Waals surface area contributed by atoms with Gasteiger partial charge in [0.05, 0.1) is 5.69 Å². The van der Waals surface area contributed by atoms with Gasteiger partial charge < -0.3 is 10.6 Å². The van der Waals surface area contributed by atoms with Crippen LogP contribution in [0.25, 0.3) is 0 Å². The lowest BCUT2D eigenvalue weighted by Crippen LogP contribution is -2.39. The van der Waals surface area contributed by atoms with Gasteiger partial charge in [-0.2, -0.15) is 5.10 Å². The Labute approximate surface area is 172 Å². The summed E-state index contributed by atoms with van der Waals surface area (Å²) in [7, 11) is 3.77. The average Bonchev–Trinajstić information content (AvgIpc) is 2.81. The third kappa shape index (κ3) is 6.51. The summed E-state index contributed by atoms with van der Waals surface area (Å²) in [6.07, 6.45) is 1.86.